The monoisotopic (exact) mass is 341 g/mol. The van der Waals surface area contributed by atoms with Crippen molar-refractivity contribution in [1.82, 2.24) is 5.32 Å². The number of hydrogen-bond acceptors (Lipinski definition) is 4. The van der Waals surface area contributed by atoms with Gasteiger partial charge in [0.25, 0.3) is 5.69 Å². The second-order valence-corrected chi connectivity index (χ2v) is 5.91. The Kier molecular flexibility index (Phi) is 7.98. The van der Waals surface area contributed by atoms with Gasteiger partial charge in [-0.15, -0.1) is 12.4 Å². The molecule has 0 aliphatic heterocycles. The van der Waals surface area contributed by atoms with Crippen LogP contribution in [-0.4, -0.2) is 23.4 Å². The number of nitro groups is 1. The van der Waals surface area contributed by atoms with Crippen LogP contribution in [0.2, 0.25) is 0 Å². The van der Waals surface area contributed by atoms with Crippen molar-refractivity contribution in [2.45, 2.75) is 44.6 Å². The van der Waals surface area contributed by atoms with Crippen molar-refractivity contribution in [2.24, 2.45) is 11.7 Å². The third-order valence-corrected chi connectivity index (χ3v) is 4.31. The van der Waals surface area contributed by atoms with Gasteiger partial charge in [0, 0.05) is 24.7 Å². The highest BCUT2D eigenvalue weighted by molar-refractivity contribution is 5.85. The molecule has 0 radical (unpaired) electrons. The minimum atomic E-state index is -0.452. The molecule has 1 saturated carbocycles. The average Bonchev–Trinajstić information content (AvgIpc) is 2.53. The highest BCUT2D eigenvalue weighted by Crippen LogP contribution is 2.26. The third kappa shape index (κ3) is 5.80. The Labute approximate surface area is 142 Å². The molecule has 23 heavy (non-hydrogen) atoms. The highest BCUT2D eigenvalue weighted by atomic mass is 35.5. The summed E-state index contributed by atoms with van der Waals surface area (Å²) in [6.45, 7) is 0.436. The van der Waals surface area contributed by atoms with Crippen LogP contribution in [0, 0.1) is 16.0 Å². The molecule has 128 valence electrons. The van der Waals surface area contributed by atoms with Crippen molar-refractivity contribution in [3.63, 3.8) is 0 Å². The van der Waals surface area contributed by atoms with Gasteiger partial charge < -0.3 is 11.1 Å². The average molecular weight is 342 g/mol. The number of benzene rings is 1. The van der Waals surface area contributed by atoms with Crippen LogP contribution in [0.3, 0.4) is 0 Å². The zero-order chi connectivity index (χ0) is 15.9. The number of hydrogen-bond donors (Lipinski definition) is 2. The molecule has 3 N–H and O–H groups in total. The second kappa shape index (κ2) is 9.47. The number of nitrogens with one attached hydrogen (secondary N) is 1. The quantitative estimate of drug-likeness (QED) is 0.613. The Morgan fingerprint density at radius 1 is 1.35 bits per heavy atom. The van der Waals surface area contributed by atoms with Crippen molar-refractivity contribution in [3.8, 4) is 0 Å². The van der Waals surface area contributed by atoms with E-state index in [0.717, 1.165) is 12.8 Å². The number of carbonyl (C=O) groups is 1. The Morgan fingerprint density at radius 2 is 2.04 bits per heavy atom. The van der Waals surface area contributed by atoms with Gasteiger partial charge in [0.1, 0.15) is 0 Å². The van der Waals surface area contributed by atoms with Gasteiger partial charge in [0.15, 0.2) is 0 Å². The van der Waals surface area contributed by atoms with Crippen molar-refractivity contribution in [3.05, 3.63) is 39.9 Å². The van der Waals surface area contributed by atoms with Crippen LogP contribution in [-0.2, 0) is 11.2 Å². The molecule has 0 bridgehead atoms. The molecule has 2 rings (SSSR count). The molecule has 1 fully saturated rings. The normalized spacial score (nSPS) is 16.2. The van der Waals surface area contributed by atoms with Crippen LogP contribution in [0.1, 0.15) is 37.7 Å². The van der Waals surface area contributed by atoms with E-state index in [1.807, 2.05) is 0 Å². The first kappa shape index (κ1) is 19.4. The molecule has 0 aromatic heterocycles. The molecule has 6 nitrogen and oxygen atoms in total. The highest BCUT2D eigenvalue weighted by Gasteiger charge is 2.24. The van der Waals surface area contributed by atoms with E-state index < -0.39 is 4.92 Å². The van der Waals surface area contributed by atoms with Crippen LogP contribution in [0.25, 0.3) is 0 Å². The Hall–Kier alpha value is -1.66. The van der Waals surface area contributed by atoms with Crippen LogP contribution < -0.4 is 11.1 Å². The summed E-state index contributed by atoms with van der Waals surface area (Å²) in [4.78, 5) is 22.5. The van der Waals surface area contributed by atoms with E-state index >= 15 is 0 Å². The lowest BCUT2D eigenvalue weighted by molar-refractivity contribution is -0.384. The molecule has 1 aromatic carbocycles. The minimum Gasteiger partial charge on any atom is -0.352 e. The van der Waals surface area contributed by atoms with Gasteiger partial charge in [-0.25, -0.2) is 0 Å². The van der Waals surface area contributed by atoms with Crippen molar-refractivity contribution >= 4 is 24.0 Å². The van der Waals surface area contributed by atoms with E-state index in [2.05, 4.69) is 5.32 Å². The van der Waals surface area contributed by atoms with Gasteiger partial charge in [-0.3, -0.25) is 14.9 Å². The summed E-state index contributed by atoms with van der Waals surface area (Å²) in [7, 11) is 0. The first-order valence-corrected chi connectivity index (χ1v) is 7.83. The standard InChI is InChI=1S/C16H23N3O3.ClH/c17-11-15(13-6-2-1-3-7-13)18-16(20)10-12-5-4-8-14(9-12)19(21)22;/h4-5,8-9,13,15H,1-3,6-7,10-11,17H2,(H,18,20);1H. The van der Waals surface area contributed by atoms with Gasteiger partial charge in [-0.2, -0.15) is 0 Å². The van der Waals surface area contributed by atoms with Crippen LogP contribution in [0.15, 0.2) is 24.3 Å². The maximum absolute atomic E-state index is 12.2. The van der Waals surface area contributed by atoms with E-state index in [4.69, 9.17) is 5.73 Å². The molecule has 1 aliphatic carbocycles. The number of carbonyl (C=O) groups excluding carboxylic acids is 1. The number of nitrogens with two attached hydrogens (primary N) is 1. The number of halogens is 1. The predicted octanol–water partition coefficient (Wildman–Crippen LogP) is 2.58. The van der Waals surface area contributed by atoms with E-state index in [-0.39, 0.29) is 36.5 Å². The SMILES string of the molecule is Cl.NCC(NC(=O)Cc1cccc([N+](=O)[O-])c1)C1CCCCC1. The lowest BCUT2D eigenvalue weighted by atomic mass is 9.84. The first-order chi connectivity index (χ1) is 10.6. The summed E-state index contributed by atoms with van der Waals surface area (Å²) in [6, 6.07) is 6.20. The Bertz CT molecular complexity index is 533. The second-order valence-electron chi connectivity index (χ2n) is 5.91. The van der Waals surface area contributed by atoms with E-state index in [0.29, 0.717) is 18.0 Å². The van der Waals surface area contributed by atoms with E-state index in [9.17, 15) is 14.9 Å². The van der Waals surface area contributed by atoms with Crippen LogP contribution in [0.4, 0.5) is 5.69 Å². The molecule has 1 amide bonds. The number of rotatable bonds is 6. The number of nitrogens with zero attached hydrogens (tertiary/aromatic N) is 1. The molecule has 1 atom stereocenters. The van der Waals surface area contributed by atoms with E-state index in [1.54, 1.807) is 12.1 Å². The molecular weight excluding hydrogens is 318 g/mol. The maximum Gasteiger partial charge on any atom is 0.269 e. The molecule has 0 heterocycles. The van der Waals surface area contributed by atoms with Crippen molar-refractivity contribution in [1.29, 1.82) is 0 Å². The maximum atomic E-state index is 12.2. The van der Waals surface area contributed by atoms with Crippen LogP contribution in [0.5, 0.6) is 0 Å². The van der Waals surface area contributed by atoms with Gasteiger partial charge in [0.05, 0.1) is 11.3 Å². The minimum absolute atomic E-state index is 0. The van der Waals surface area contributed by atoms with Gasteiger partial charge in [-0.1, -0.05) is 31.4 Å². The van der Waals surface area contributed by atoms with E-state index in [1.165, 1.54) is 31.4 Å². The fraction of sp³-hybridized carbons (Fsp3) is 0.562. The fourth-order valence-electron chi connectivity index (χ4n) is 3.13. The molecule has 1 aromatic rings. The van der Waals surface area contributed by atoms with Crippen LogP contribution >= 0.6 is 12.4 Å². The zero-order valence-electron chi connectivity index (χ0n) is 13.1. The lowest BCUT2D eigenvalue weighted by Gasteiger charge is -2.30. The fourth-order valence-corrected chi connectivity index (χ4v) is 3.13. The lowest BCUT2D eigenvalue weighted by Crippen LogP contribution is -2.46. The molecule has 0 saturated heterocycles. The summed E-state index contributed by atoms with van der Waals surface area (Å²) in [5.41, 5.74) is 6.46. The largest absolute Gasteiger partial charge is 0.352 e. The number of amides is 1. The molecule has 1 unspecified atom stereocenters. The summed E-state index contributed by atoms with van der Waals surface area (Å²) >= 11 is 0. The van der Waals surface area contributed by atoms with Crippen molar-refractivity contribution in [2.75, 3.05) is 6.54 Å². The topological polar surface area (TPSA) is 98.3 Å². The Morgan fingerprint density at radius 3 is 2.65 bits per heavy atom. The molecule has 0 spiro atoms. The zero-order valence-corrected chi connectivity index (χ0v) is 13.9. The summed E-state index contributed by atoms with van der Waals surface area (Å²) < 4.78 is 0. The molecule has 1 aliphatic rings. The Balaban J connectivity index is 0.00000264. The molecular formula is C16H24ClN3O3. The molecule has 7 heteroatoms. The van der Waals surface area contributed by atoms with Crippen molar-refractivity contribution < 1.29 is 9.72 Å². The van der Waals surface area contributed by atoms with Gasteiger partial charge >= 0.3 is 0 Å². The number of nitro benzene ring substituents is 1. The summed E-state index contributed by atoms with van der Waals surface area (Å²) in [5, 5.41) is 13.8. The smallest absolute Gasteiger partial charge is 0.269 e. The third-order valence-electron chi connectivity index (χ3n) is 4.31. The number of non-ortho nitro benzene ring substituents is 1. The van der Waals surface area contributed by atoms with Gasteiger partial charge in [-0.05, 0) is 24.3 Å². The predicted molar refractivity (Wildman–Crippen MR) is 91.6 cm³/mol. The first-order valence-electron chi connectivity index (χ1n) is 7.83. The van der Waals surface area contributed by atoms with Gasteiger partial charge in [0.2, 0.25) is 5.91 Å². The summed E-state index contributed by atoms with van der Waals surface area (Å²) in [5.74, 6) is 0.328. The summed E-state index contributed by atoms with van der Waals surface area (Å²) in [6.07, 6.45) is 6.02.